The summed E-state index contributed by atoms with van der Waals surface area (Å²) >= 11 is 0. The molecule has 0 aromatic heterocycles. The number of esters is 1. The summed E-state index contributed by atoms with van der Waals surface area (Å²) in [5.74, 6) is 1.16. The normalized spacial score (nSPS) is 11.9. The van der Waals surface area contributed by atoms with E-state index in [0.717, 1.165) is 51.4 Å². The van der Waals surface area contributed by atoms with E-state index in [1.165, 1.54) is 238 Å². The average Bonchev–Trinajstić information content (AvgIpc) is 3.36. The molecule has 0 aliphatic carbocycles. The molecule has 0 spiro atoms. The molecular formula is C63H118O7. The zero-order chi connectivity index (χ0) is 50.6. The highest BCUT2D eigenvalue weighted by atomic mass is 16.5. The summed E-state index contributed by atoms with van der Waals surface area (Å²) in [6.07, 6.45) is 56.0. The number of methoxy groups -OCH3 is 1. The first kappa shape index (κ1) is 66.0. The largest absolute Gasteiger partial charge is 0.490 e. The molecule has 1 unspecified atom stereocenters. The standard InChI is InChI=1S/C63H118O7/c1-6-10-14-17-20-23-26-29-32-35-38-41-44-47-51-68-60-55-59(63(65)66-5)58(54-57(64)56-67-50-13-9-4)61(69-52-48-45-42-39-36-33-30-27-24-21-18-15-11-7-2)62(60)70-53-49-46-43-40-37-34-31-28-25-22-19-16-12-8-3/h55,57,64H,6-54,56H2,1-5H3. The van der Waals surface area contributed by atoms with Gasteiger partial charge in [-0.05, 0) is 31.7 Å². The van der Waals surface area contributed by atoms with Crippen LogP contribution in [-0.2, 0) is 15.9 Å². The van der Waals surface area contributed by atoms with E-state index in [0.29, 0.717) is 54.8 Å². The van der Waals surface area contributed by atoms with Crippen LogP contribution < -0.4 is 14.2 Å². The monoisotopic (exact) mass is 987 g/mol. The SMILES string of the molecule is CCCCCCCCCCCCCCCCOc1cc(C(=O)OC)c(CC(O)COCCCC)c(OCCCCCCCCCCCCCCCC)c1OCCCCCCCCCCCCCCCC. The van der Waals surface area contributed by atoms with E-state index in [-0.39, 0.29) is 13.0 Å². The molecular weight excluding hydrogens is 869 g/mol. The first-order chi connectivity index (χ1) is 34.5. The van der Waals surface area contributed by atoms with Crippen molar-refractivity contribution in [3.63, 3.8) is 0 Å². The maximum atomic E-state index is 13.6. The molecule has 0 bridgehead atoms. The van der Waals surface area contributed by atoms with E-state index in [1.54, 1.807) is 6.07 Å². The Balaban J connectivity index is 2.99. The van der Waals surface area contributed by atoms with Crippen molar-refractivity contribution in [1.29, 1.82) is 0 Å². The fourth-order valence-corrected chi connectivity index (χ4v) is 9.73. The second kappa shape index (κ2) is 51.9. The third-order valence-corrected chi connectivity index (χ3v) is 14.3. The second-order valence-electron chi connectivity index (χ2n) is 21.2. The van der Waals surface area contributed by atoms with Gasteiger partial charge in [-0.2, -0.15) is 0 Å². The molecule has 412 valence electrons. The van der Waals surface area contributed by atoms with Crippen LogP contribution in [0.3, 0.4) is 0 Å². The van der Waals surface area contributed by atoms with Crippen LogP contribution in [-0.4, -0.2) is 57.3 Å². The van der Waals surface area contributed by atoms with Crippen molar-refractivity contribution in [2.45, 2.75) is 323 Å². The zero-order valence-corrected chi connectivity index (χ0v) is 47.4. The molecule has 7 nitrogen and oxygen atoms in total. The van der Waals surface area contributed by atoms with Crippen molar-refractivity contribution in [3.05, 3.63) is 17.2 Å². The van der Waals surface area contributed by atoms with Gasteiger partial charge in [-0.1, -0.05) is 285 Å². The molecule has 0 amide bonds. The van der Waals surface area contributed by atoms with Crippen LogP contribution in [0.2, 0.25) is 0 Å². The highest BCUT2D eigenvalue weighted by Crippen LogP contribution is 2.44. The zero-order valence-electron chi connectivity index (χ0n) is 47.4. The fraction of sp³-hybridized carbons (Fsp3) is 0.889. The second-order valence-corrected chi connectivity index (χ2v) is 21.2. The lowest BCUT2D eigenvalue weighted by atomic mass is 9.98. The molecule has 1 N–H and O–H groups in total. The van der Waals surface area contributed by atoms with Gasteiger partial charge >= 0.3 is 5.97 Å². The summed E-state index contributed by atoms with van der Waals surface area (Å²) in [7, 11) is 1.42. The van der Waals surface area contributed by atoms with Gasteiger partial charge in [-0.25, -0.2) is 4.79 Å². The molecule has 7 heteroatoms. The van der Waals surface area contributed by atoms with Crippen LogP contribution in [0.5, 0.6) is 17.2 Å². The van der Waals surface area contributed by atoms with Crippen LogP contribution in [0, 0.1) is 0 Å². The summed E-state index contributed by atoms with van der Waals surface area (Å²) in [4.78, 5) is 13.6. The Hall–Kier alpha value is -1.99. The Bertz CT molecular complexity index is 1250. The van der Waals surface area contributed by atoms with E-state index >= 15 is 0 Å². The van der Waals surface area contributed by atoms with Gasteiger partial charge in [0.15, 0.2) is 11.5 Å². The molecule has 0 saturated heterocycles. The maximum Gasteiger partial charge on any atom is 0.338 e. The molecule has 1 aromatic rings. The minimum absolute atomic E-state index is 0.186. The third-order valence-electron chi connectivity index (χ3n) is 14.3. The first-order valence-electron chi connectivity index (χ1n) is 31.0. The fourth-order valence-electron chi connectivity index (χ4n) is 9.73. The highest BCUT2D eigenvalue weighted by molar-refractivity contribution is 5.93. The number of aliphatic hydroxyl groups is 1. The van der Waals surface area contributed by atoms with Crippen LogP contribution >= 0.6 is 0 Å². The summed E-state index contributed by atoms with van der Waals surface area (Å²) in [6, 6.07) is 1.79. The third kappa shape index (κ3) is 38.6. The van der Waals surface area contributed by atoms with Gasteiger partial charge in [0, 0.05) is 18.6 Å². The summed E-state index contributed by atoms with van der Waals surface area (Å²) in [5.41, 5.74) is 0.981. The lowest BCUT2D eigenvalue weighted by Gasteiger charge is -2.23. The van der Waals surface area contributed by atoms with Crippen LogP contribution in [0.4, 0.5) is 0 Å². The number of ether oxygens (including phenoxy) is 5. The van der Waals surface area contributed by atoms with Gasteiger partial charge in [0.05, 0.1) is 45.2 Å². The Kier molecular flexibility index (Phi) is 48.9. The molecule has 0 fully saturated rings. The number of hydrogen-bond donors (Lipinski definition) is 1. The lowest BCUT2D eigenvalue weighted by Crippen LogP contribution is -2.22. The van der Waals surface area contributed by atoms with Gasteiger partial charge in [0.2, 0.25) is 5.75 Å². The van der Waals surface area contributed by atoms with E-state index in [1.807, 2.05) is 0 Å². The minimum Gasteiger partial charge on any atom is -0.490 e. The van der Waals surface area contributed by atoms with Crippen LogP contribution in [0.1, 0.15) is 326 Å². The number of unbranched alkanes of at least 4 members (excludes halogenated alkanes) is 40. The van der Waals surface area contributed by atoms with Crippen LogP contribution in [0.25, 0.3) is 0 Å². The lowest BCUT2D eigenvalue weighted by molar-refractivity contribution is 0.0352. The van der Waals surface area contributed by atoms with E-state index in [4.69, 9.17) is 23.7 Å². The molecule has 0 saturated carbocycles. The topological polar surface area (TPSA) is 83.5 Å². The summed E-state index contributed by atoms with van der Waals surface area (Å²) < 4.78 is 31.2. The van der Waals surface area contributed by atoms with Gasteiger partial charge in [0.1, 0.15) is 0 Å². The molecule has 0 aliphatic rings. The smallest absolute Gasteiger partial charge is 0.338 e. The number of hydrogen-bond acceptors (Lipinski definition) is 7. The molecule has 0 heterocycles. The molecule has 0 radical (unpaired) electrons. The number of aliphatic hydroxyl groups excluding tert-OH is 1. The molecule has 1 aromatic carbocycles. The Morgan fingerprint density at radius 1 is 0.400 bits per heavy atom. The van der Waals surface area contributed by atoms with Gasteiger partial charge < -0.3 is 28.8 Å². The van der Waals surface area contributed by atoms with E-state index < -0.39 is 12.1 Å². The van der Waals surface area contributed by atoms with E-state index in [9.17, 15) is 9.90 Å². The predicted octanol–water partition coefficient (Wildman–Crippen LogP) is 19.8. The average molecular weight is 988 g/mol. The Labute approximate surface area is 435 Å². The molecule has 0 aliphatic heterocycles. The minimum atomic E-state index is -0.815. The Morgan fingerprint density at radius 3 is 1.03 bits per heavy atom. The van der Waals surface area contributed by atoms with Crippen molar-refractivity contribution in [1.82, 2.24) is 0 Å². The first-order valence-corrected chi connectivity index (χ1v) is 31.0. The molecule has 1 rings (SSSR count). The highest BCUT2D eigenvalue weighted by Gasteiger charge is 2.28. The summed E-state index contributed by atoms with van der Waals surface area (Å²) in [5, 5.41) is 11.3. The van der Waals surface area contributed by atoms with Crippen LogP contribution in [0.15, 0.2) is 6.07 Å². The predicted molar refractivity (Wildman–Crippen MR) is 301 cm³/mol. The summed E-state index contributed by atoms with van der Waals surface area (Å²) in [6.45, 7) is 11.4. The molecule has 1 atom stereocenters. The molecule has 70 heavy (non-hydrogen) atoms. The maximum absolute atomic E-state index is 13.6. The quantitative estimate of drug-likeness (QED) is 0.0514. The van der Waals surface area contributed by atoms with Crippen molar-refractivity contribution in [2.75, 3.05) is 40.1 Å². The number of carbonyl (C=O) groups excluding carboxylic acids is 1. The van der Waals surface area contributed by atoms with Gasteiger partial charge in [0.25, 0.3) is 0 Å². The number of carbonyl (C=O) groups is 1. The van der Waals surface area contributed by atoms with Crippen molar-refractivity contribution in [2.24, 2.45) is 0 Å². The number of rotatable bonds is 56. The van der Waals surface area contributed by atoms with Gasteiger partial charge in [-0.15, -0.1) is 0 Å². The van der Waals surface area contributed by atoms with Crippen molar-refractivity contribution in [3.8, 4) is 17.2 Å². The van der Waals surface area contributed by atoms with Crippen molar-refractivity contribution < 1.29 is 33.6 Å². The number of benzene rings is 1. The van der Waals surface area contributed by atoms with E-state index in [2.05, 4.69) is 27.7 Å². The Morgan fingerprint density at radius 2 is 0.700 bits per heavy atom. The van der Waals surface area contributed by atoms with Crippen molar-refractivity contribution >= 4 is 5.97 Å². The van der Waals surface area contributed by atoms with Gasteiger partial charge in [-0.3, -0.25) is 0 Å².